The van der Waals surface area contributed by atoms with Crippen LogP contribution in [-0.4, -0.2) is 5.11 Å². The number of hydrogen-bond donors (Lipinski definition) is 2. The maximum absolute atomic E-state index is 11.4. The van der Waals surface area contributed by atoms with Crippen molar-refractivity contribution in [2.45, 2.75) is 26.2 Å². The molecule has 0 aliphatic heterocycles. The number of hydrogen-bond acceptors (Lipinski definition) is 3. The van der Waals surface area contributed by atoms with Crippen molar-refractivity contribution >= 4 is 33.5 Å². The Morgan fingerprint density at radius 3 is 2.10 bits per heavy atom. The predicted octanol–water partition coefficient (Wildman–Crippen LogP) is 10.1. The highest BCUT2D eigenvalue weighted by Gasteiger charge is 2.18. The molecule has 1 aliphatic carbocycles. The van der Waals surface area contributed by atoms with Crippen LogP contribution in [0.5, 0.6) is 5.75 Å². The number of para-hydroxylation sites is 2. The first-order valence-corrected chi connectivity index (χ1v) is 13.6. The molecule has 5 aromatic rings. The fourth-order valence-electron chi connectivity index (χ4n) is 5.40. The summed E-state index contributed by atoms with van der Waals surface area (Å²) in [5.41, 5.74) is 8.57. The number of benzene rings is 5. The van der Waals surface area contributed by atoms with Crippen molar-refractivity contribution in [1.29, 1.82) is 0 Å². The highest BCUT2D eigenvalue weighted by atomic mass is 16.3. The number of anilines is 4. The van der Waals surface area contributed by atoms with E-state index in [1.54, 1.807) is 0 Å². The Kier molecular flexibility index (Phi) is 6.88. The van der Waals surface area contributed by atoms with Gasteiger partial charge in [-0.2, -0.15) is 0 Å². The van der Waals surface area contributed by atoms with Crippen molar-refractivity contribution in [2.75, 3.05) is 10.2 Å². The number of allylic oxidation sites excluding steroid dienone is 4. The standard InChI is InChI=1S/C36H32N2O/c1-26-11-10-16-29(20-19-26)38(28-14-6-3-7-15-28)30-21-22-34(36(39)25-30)32-23-24-35(33-18-9-8-17-31(32)33)37-27-12-4-2-5-13-27/h2-9,12-15,17-25,37,39H,10-11,16H2,1H3. The molecule has 0 fully saturated rings. The molecule has 0 radical (unpaired) electrons. The quantitative estimate of drug-likeness (QED) is 0.239. The molecule has 6 rings (SSSR count). The summed E-state index contributed by atoms with van der Waals surface area (Å²) >= 11 is 0. The third-order valence-electron chi connectivity index (χ3n) is 7.37. The number of phenols is 1. The van der Waals surface area contributed by atoms with E-state index >= 15 is 0 Å². The molecule has 3 heteroatoms. The van der Waals surface area contributed by atoms with Crippen molar-refractivity contribution < 1.29 is 5.11 Å². The number of nitrogens with one attached hydrogen (secondary N) is 1. The molecule has 192 valence electrons. The lowest BCUT2D eigenvalue weighted by Gasteiger charge is -2.28. The van der Waals surface area contributed by atoms with Gasteiger partial charge in [0.25, 0.3) is 0 Å². The van der Waals surface area contributed by atoms with E-state index in [0.717, 1.165) is 63.9 Å². The molecule has 2 N–H and O–H groups in total. The van der Waals surface area contributed by atoms with Crippen molar-refractivity contribution in [1.82, 2.24) is 0 Å². The second-order valence-electron chi connectivity index (χ2n) is 10.1. The number of nitrogens with zero attached hydrogens (tertiary/aromatic N) is 1. The van der Waals surface area contributed by atoms with Gasteiger partial charge >= 0.3 is 0 Å². The molecule has 0 unspecified atom stereocenters. The summed E-state index contributed by atoms with van der Waals surface area (Å²) in [6.07, 6.45) is 7.65. The van der Waals surface area contributed by atoms with Crippen molar-refractivity contribution in [2.24, 2.45) is 0 Å². The van der Waals surface area contributed by atoms with Gasteiger partial charge in [-0.3, -0.25) is 0 Å². The van der Waals surface area contributed by atoms with Crippen LogP contribution in [0.15, 0.2) is 139 Å². The lowest BCUT2D eigenvalue weighted by Crippen LogP contribution is -2.16. The molecular weight excluding hydrogens is 476 g/mol. The Hall–Kier alpha value is -4.76. The highest BCUT2D eigenvalue weighted by molar-refractivity contribution is 6.05. The van der Waals surface area contributed by atoms with E-state index in [2.05, 4.69) is 108 Å². The smallest absolute Gasteiger partial charge is 0.125 e. The Morgan fingerprint density at radius 2 is 1.33 bits per heavy atom. The summed E-state index contributed by atoms with van der Waals surface area (Å²) in [5.74, 6) is 0.267. The first-order valence-electron chi connectivity index (χ1n) is 13.6. The van der Waals surface area contributed by atoms with E-state index in [0.29, 0.717) is 0 Å². The number of rotatable bonds is 6. The summed E-state index contributed by atoms with van der Waals surface area (Å²) in [6, 6.07) is 39.2. The van der Waals surface area contributed by atoms with Gasteiger partial charge < -0.3 is 15.3 Å². The SMILES string of the molecule is CC1=CC=C(N(c2ccccc2)c2ccc(-c3ccc(Nc4ccccc4)c4ccccc34)c(O)c2)CCC1. The van der Waals surface area contributed by atoms with Gasteiger partial charge in [0, 0.05) is 45.5 Å². The molecule has 3 nitrogen and oxygen atoms in total. The molecule has 0 saturated carbocycles. The zero-order valence-electron chi connectivity index (χ0n) is 22.1. The van der Waals surface area contributed by atoms with Gasteiger partial charge in [-0.25, -0.2) is 0 Å². The molecule has 1 aliphatic rings. The molecule has 0 atom stereocenters. The van der Waals surface area contributed by atoms with Crippen LogP contribution in [0.25, 0.3) is 21.9 Å². The Morgan fingerprint density at radius 1 is 0.641 bits per heavy atom. The average Bonchev–Trinajstić information content (AvgIpc) is 3.19. The van der Waals surface area contributed by atoms with Crippen LogP contribution in [0.4, 0.5) is 22.7 Å². The number of fused-ring (bicyclic) bond motifs is 1. The van der Waals surface area contributed by atoms with E-state index in [1.807, 2.05) is 36.4 Å². The van der Waals surface area contributed by atoms with Gasteiger partial charge in [0.1, 0.15) is 5.75 Å². The van der Waals surface area contributed by atoms with Crippen LogP contribution in [0.2, 0.25) is 0 Å². The molecular formula is C36H32N2O. The molecule has 0 aromatic heterocycles. The normalized spacial score (nSPS) is 13.4. The Bertz CT molecular complexity index is 1670. The van der Waals surface area contributed by atoms with Gasteiger partial charge in [0.2, 0.25) is 0 Å². The molecule has 39 heavy (non-hydrogen) atoms. The third-order valence-corrected chi connectivity index (χ3v) is 7.37. The van der Waals surface area contributed by atoms with Crippen LogP contribution in [0.3, 0.4) is 0 Å². The Balaban J connectivity index is 1.41. The maximum Gasteiger partial charge on any atom is 0.125 e. The second kappa shape index (κ2) is 10.9. The summed E-state index contributed by atoms with van der Waals surface area (Å²) in [5, 5.41) is 17.2. The minimum atomic E-state index is 0.267. The monoisotopic (exact) mass is 508 g/mol. The lowest BCUT2D eigenvalue weighted by molar-refractivity contribution is 0.477. The fraction of sp³-hybridized carbons (Fsp3) is 0.111. The van der Waals surface area contributed by atoms with Gasteiger partial charge in [0.15, 0.2) is 0 Å². The minimum Gasteiger partial charge on any atom is -0.507 e. The highest BCUT2D eigenvalue weighted by Crippen LogP contribution is 2.42. The number of phenolic OH excluding ortho intramolecular Hbond substituents is 1. The molecule has 0 bridgehead atoms. The molecule has 0 heterocycles. The van der Waals surface area contributed by atoms with Gasteiger partial charge in [-0.05, 0) is 85.7 Å². The fourth-order valence-corrected chi connectivity index (χ4v) is 5.40. The van der Waals surface area contributed by atoms with E-state index in [9.17, 15) is 5.11 Å². The Labute approximate surface area is 230 Å². The summed E-state index contributed by atoms with van der Waals surface area (Å²) in [7, 11) is 0. The van der Waals surface area contributed by atoms with Crippen molar-refractivity contribution in [3.63, 3.8) is 0 Å². The average molecular weight is 509 g/mol. The van der Waals surface area contributed by atoms with Gasteiger partial charge in [-0.1, -0.05) is 78.4 Å². The third kappa shape index (κ3) is 5.17. The zero-order valence-corrected chi connectivity index (χ0v) is 22.1. The first kappa shape index (κ1) is 24.6. The topological polar surface area (TPSA) is 35.5 Å². The van der Waals surface area contributed by atoms with E-state index in [1.165, 1.54) is 11.3 Å². The van der Waals surface area contributed by atoms with E-state index < -0.39 is 0 Å². The predicted molar refractivity (Wildman–Crippen MR) is 165 cm³/mol. The number of aromatic hydroxyl groups is 1. The summed E-state index contributed by atoms with van der Waals surface area (Å²) in [4.78, 5) is 2.27. The first-order chi connectivity index (χ1) is 19.2. The lowest BCUT2D eigenvalue weighted by atomic mass is 9.96. The summed E-state index contributed by atoms with van der Waals surface area (Å²) in [6.45, 7) is 2.19. The van der Waals surface area contributed by atoms with Gasteiger partial charge in [-0.15, -0.1) is 0 Å². The molecule has 5 aromatic carbocycles. The van der Waals surface area contributed by atoms with Crippen molar-refractivity contribution in [3.8, 4) is 16.9 Å². The minimum absolute atomic E-state index is 0.267. The van der Waals surface area contributed by atoms with E-state index in [4.69, 9.17) is 0 Å². The second-order valence-corrected chi connectivity index (χ2v) is 10.1. The maximum atomic E-state index is 11.4. The van der Waals surface area contributed by atoms with Crippen LogP contribution in [0, 0.1) is 0 Å². The van der Waals surface area contributed by atoms with Crippen LogP contribution in [0.1, 0.15) is 26.2 Å². The van der Waals surface area contributed by atoms with Crippen LogP contribution in [-0.2, 0) is 0 Å². The van der Waals surface area contributed by atoms with Gasteiger partial charge in [0.05, 0.1) is 0 Å². The summed E-state index contributed by atoms with van der Waals surface area (Å²) < 4.78 is 0. The molecule has 0 amide bonds. The van der Waals surface area contributed by atoms with E-state index in [-0.39, 0.29) is 5.75 Å². The molecule has 0 spiro atoms. The van der Waals surface area contributed by atoms with Crippen LogP contribution < -0.4 is 10.2 Å². The largest absolute Gasteiger partial charge is 0.507 e. The zero-order chi connectivity index (χ0) is 26.6. The molecule has 0 saturated heterocycles. The van der Waals surface area contributed by atoms with Crippen molar-refractivity contribution in [3.05, 3.63) is 139 Å². The van der Waals surface area contributed by atoms with Crippen LogP contribution >= 0.6 is 0 Å².